The van der Waals surface area contributed by atoms with Gasteiger partial charge >= 0.3 is 0 Å². The average Bonchev–Trinajstić information content (AvgIpc) is 3.01. The zero-order chi connectivity index (χ0) is 26.4. The molecule has 36 heavy (non-hydrogen) atoms. The molecule has 2 aromatic carbocycles. The van der Waals surface area contributed by atoms with Crippen LogP contribution < -0.4 is 15.0 Å². The number of rotatable bonds is 6. The second-order valence-electron chi connectivity index (χ2n) is 10.5. The largest absolute Gasteiger partial charge is 0.473 e. The van der Waals surface area contributed by atoms with E-state index in [0.717, 1.165) is 28.3 Å². The fourth-order valence-corrected chi connectivity index (χ4v) is 5.62. The van der Waals surface area contributed by atoms with E-state index in [1.807, 2.05) is 38.2 Å². The Morgan fingerprint density at radius 1 is 1.14 bits per heavy atom. The van der Waals surface area contributed by atoms with Crippen molar-refractivity contribution in [1.82, 2.24) is 14.7 Å². The van der Waals surface area contributed by atoms with Gasteiger partial charge < -0.3 is 15.0 Å². The lowest BCUT2D eigenvalue weighted by Crippen LogP contribution is -2.55. The molecule has 4 rings (SSSR count). The van der Waals surface area contributed by atoms with Gasteiger partial charge in [-0.15, -0.1) is 0 Å². The van der Waals surface area contributed by atoms with E-state index in [-0.39, 0.29) is 5.91 Å². The van der Waals surface area contributed by atoms with Crippen LogP contribution in [0.25, 0.3) is 0 Å². The number of halogens is 1. The Hall–Kier alpha value is -3.03. The quantitative estimate of drug-likeness (QED) is 0.383. The Morgan fingerprint density at radius 3 is 2.47 bits per heavy atom. The number of aryl methyl sites for hydroxylation is 2. The third-order valence-electron chi connectivity index (χ3n) is 6.56. The standard InChI is InChI=1S/C28H36ClN5O2/c1-17(2)34(18(3)4)28(6,7)36-21-10-11-22(23(29)14-21)27(35)33-16-20-15-30-32(8)26(20)31-24-13-19(5)9-12-25(24)33/h9-15,17-18,31H,16H2,1-8H3. The second kappa shape index (κ2) is 9.79. The summed E-state index contributed by atoms with van der Waals surface area (Å²) in [4.78, 5) is 17.9. The highest BCUT2D eigenvalue weighted by molar-refractivity contribution is 6.34. The van der Waals surface area contributed by atoms with Crippen LogP contribution in [0.15, 0.2) is 42.6 Å². The number of aromatic nitrogens is 2. The van der Waals surface area contributed by atoms with E-state index in [2.05, 4.69) is 56.9 Å². The van der Waals surface area contributed by atoms with Crippen molar-refractivity contribution in [2.24, 2.45) is 7.05 Å². The molecule has 7 nitrogen and oxygen atoms in total. The minimum atomic E-state index is -0.554. The summed E-state index contributed by atoms with van der Waals surface area (Å²) in [7, 11) is 1.88. The molecule has 2 heterocycles. The molecule has 0 fully saturated rings. The summed E-state index contributed by atoms with van der Waals surface area (Å²) in [5, 5.41) is 8.18. The predicted octanol–water partition coefficient (Wildman–Crippen LogP) is 6.52. The second-order valence-corrected chi connectivity index (χ2v) is 10.9. The monoisotopic (exact) mass is 509 g/mol. The minimum absolute atomic E-state index is 0.180. The van der Waals surface area contributed by atoms with Gasteiger partial charge in [0.05, 0.1) is 34.7 Å². The molecule has 1 N–H and O–H groups in total. The number of amides is 1. The number of benzene rings is 2. The minimum Gasteiger partial charge on any atom is -0.473 e. The maximum absolute atomic E-state index is 13.9. The molecule has 0 unspecified atom stereocenters. The van der Waals surface area contributed by atoms with Gasteiger partial charge in [0.25, 0.3) is 5.91 Å². The molecule has 0 aliphatic carbocycles. The molecule has 8 heteroatoms. The van der Waals surface area contributed by atoms with Crippen LogP contribution in [0.4, 0.5) is 17.2 Å². The highest BCUT2D eigenvalue weighted by Gasteiger charge is 2.33. The van der Waals surface area contributed by atoms with Crippen molar-refractivity contribution < 1.29 is 9.53 Å². The number of ether oxygens (including phenoxy) is 1. The van der Waals surface area contributed by atoms with Gasteiger partial charge in [0.1, 0.15) is 11.6 Å². The maximum atomic E-state index is 13.9. The van der Waals surface area contributed by atoms with Crippen LogP contribution in [-0.2, 0) is 13.6 Å². The average molecular weight is 510 g/mol. The molecule has 0 saturated carbocycles. The Balaban J connectivity index is 1.66. The summed E-state index contributed by atoms with van der Waals surface area (Å²) in [6, 6.07) is 11.9. The number of fused-ring (bicyclic) bond motifs is 2. The summed E-state index contributed by atoms with van der Waals surface area (Å²) in [5.41, 5.74) is 3.54. The summed E-state index contributed by atoms with van der Waals surface area (Å²) in [5.74, 6) is 1.31. The SMILES string of the molecule is Cc1ccc2c(c1)Nc1c(cnn1C)CN2C(=O)c1ccc(OC(C)(C)N(C(C)C)C(C)C)cc1Cl. The van der Waals surface area contributed by atoms with E-state index in [1.54, 1.807) is 27.9 Å². The number of hydrogen-bond donors (Lipinski definition) is 1. The van der Waals surface area contributed by atoms with Crippen molar-refractivity contribution in [3.05, 3.63) is 64.3 Å². The van der Waals surface area contributed by atoms with E-state index in [1.165, 1.54) is 0 Å². The van der Waals surface area contributed by atoms with Crippen LogP contribution in [0.2, 0.25) is 5.02 Å². The number of nitrogens with one attached hydrogen (secondary N) is 1. The molecule has 1 aromatic heterocycles. The lowest BCUT2D eigenvalue weighted by Gasteiger charge is -2.44. The van der Waals surface area contributed by atoms with Crippen molar-refractivity contribution in [3.8, 4) is 5.75 Å². The van der Waals surface area contributed by atoms with Crippen molar-refractivity contribution in [1.29, 1.82) is 0 Å². The summed E-state index contributed by atoms with van der Waals surface area (Å²) >= 11 is 6.70. The van der Waals surface area contributed by atoms with Crippen LogP contribution in [0.1, 0.15) is 63.0 Å². The van der Waals surface area contributed by atoms with Gasteiger partial charge in [-0.2, -0.15) is 5.10 Å². The zero-order valence-electron chi connectivity index (χ0n) is 22.4. The molecule has 1 aliphatic heterocycles. The molecular formula is C28H36ClN5O2. The fourth-order valence-electron chi connectivity index (χ4n) is 5.37. The van der Waals surface area contributed by atoms with Gasteiger partial charge in [0.2, 0.25) is 0 Å². The molecule has 0 atom stereocenters. The first-order valence-corrected chi connectivity index (χ1v) is 12.7. The first kappa shape index (κ1) is 26.0. The first-order valence-electron chi connectivity index (χ1n) is 12.4. The Kier molecular flexibility index (Phi) is 7.08. The van der Waals surface area contributed by atoms with Crippen molar-refractivity contribution in [2.75, 3.05) is 10.2 Å². The Morgan fingerprint density at radius 2 is 1.83 bits per heavy atom. The highest BCUT2D eigenvalue weighted by Crippen LogP contribution is 2.38. The number of anilines is 3. The lowest BCUT2D eigenvalue weighted by molar-refractivity contribution is -0.0909. The summed E-state index contributed by atoms with van der Waals surface area (Å²) in [6.07, 6.45) is 1.79. The van der Waals surface area contributed by atoms with Gasteiger partial charge in [-0.25, -0.2) is 0 Å². The molecular weight excluding hydrogens is 474 g/mol. The van der Waals surface area contributed by atoms with Gasteiger partial charge in [-0.3, -0.25) is 14.4 Å². The molecule has 1 amide bonds. The van der Waals surface area contributed by atoms with Gasteiger partial charge in [-0.1, -0.05) is 17.7 Å². The summed E-state index contributed by atoms with van der Waals surface area (Å²) in [6.45, 7) is 15.1. The van der Waals surface area contributed by atoms with Crippen LogP contribution in [0.3, 0.4) is 0 Å². The number of carbonyl (C=O) groups excluding carboxylic acids is 1. The van der Waals surface area contributed by atoms with Crippen LogP contribution >= 0.6 is 11.6 Å². The van der Waals surface area contributed by atoms with Crippen LogP contribution in [0.5, 0.6) is 5.75 Å². The fraction of sp³-hybridized carbons (Fsp3) is 0.429. The Bertz CT molecular complexity index is 1270. The normalized spacial score (nSPS) is 13.5. The highest BCUT2D eigenvalue weighted by atomic mass is 35.5. The van der Waals surface area contributed by atoms with Crippen molar-refractivity contribution in [2.45, 2.75) is 72.8 Å². The summed E-state index contributed by atoms with van der Waals surface area (Å²) < 4.78 is 8.17. The molecule has 3 aromatic rings. The van der Waals surface area contributed by atoms with Gasteiger partial charge in [-0.05, 0) is 84.4 Å². The molecule has 1 aliphatic rings. The lowest BCUT2D eigenvalue weighted by atomic mass is 10.1. The molecule has 192 valence electrons. The van der Waals surface area contributed by atoms with E-state index in [4.69, 9.17) is 16.3 Å². The van der Waals surface area contributed by atoms with E-state index in [9.17, 15) is 4.79 Å². The van der Waals surface area contributed by atoms with Crippen LogP contribution in [0, 0.1) is 6.92 Å². The number of hydrogen-bond acceptors (Lipinski definition) is 5. The van der Waals surface area contributed by atoms with Crippen LogP contribution in [-0.4, -0.2) is 38.4 Å². The van der Waals surface area contributed by atoms with E-state index >= 15 is 0 Å². The van der Waals surface area contributed by atoms with Gasteiger partial charge in [0.15, 0.2) is 5.72 Å². The van der Waals surface area contributed by atoms with E-state index < -0.39 is 5.72 Å². The smallest absolute Gasteiger partial charge is 0.260 e. The third-order valence-corrected chi connectivity index (χ3v) is 6.87. The predicted molar refractivity (Wildman–Crippen MR) is 146 cm³/mol. The van der Waals surface area contributed by atoms with E-state index in [0.29, 0.717) is 35.0 Å². The van der Waals surface area contributed by atoms with Gasteiger partial charge in [0, 0.05) is 24.7 Å². The Labute approximate surface area is 219 Å². The van der Waals surface area contributed by atoms with Crippen molar-refractivity contribution in [3.63, 3.8) is 0 Å². The molecule has 0 spiro atoms. The number of nitrogens with zero attached hydrogens (tertiary/aromatic N) is 4. The number of carbonyl (C=O) groups is 1. The maximum Gasteiger partial charge on any atom is 0.260 e. The zero-order valence-corrected chi connectivity index (χ0v) is 23.1. The molecule has 0 radical (unpaired) electrons. The third kappa shape index (κ3) is 4.95. The topological polar surface area (TPSA) is 62.6 Å². The first-order chi connectivity index (χ1) is 16.9. The van der Waals surface area contributed by atoms with Crippen molar-refractivity contribution >= 4 is 34.7 Å². The molecule has 0 saturated heterocycles. The molecule has 0 bridgehead atoms.